The number of carboxylic acid groups (broad SMARTS) is 1. The molecule has 0 saturated carbocycles. The number of β-amino-alcohol motifs (C(OH)–C–C–N with tert-alkyl or cyclic N) is 1. The maximum Gasteiger partial charge on any atom is 0.407 e. The number of hydrogen-bond acceptors (Lipinski definition) is 6. The minimum atomic E-state index is -1.91. The van der Waals surface area contributed by atoms with E-state index in [1.54, 1.807) is 0 Å². The highest BCUT2D eigenvalue weighted by molar-refractivity contribution is 5.86. The van der Waals surface area contributed by atoms with Crippen LogP contribution < -0.4 is 5.32 Å². The Hall–Kier alpha value is -4.21. The van der Waals surface area contributed by atoms with E-state index in [2.05, 4.69) is 46.6 Å². The highest BCUT2D eigenvalue weighted by atomic mass is 16.5. The van der Waals surface area contributed by atoms with Gasteiger partial charge in [-0.3, -0.25) is 9.69 Å². The van der Waals surface area contributed by atoms with E-state index >= 15 is 0 Å². The van der Waals surface area contributed by atoms with Crippen LogP contribution in [0.25, 0.3) is 11.1 Å². The van der Waals surface area contributed by atoms with Gasteiger partial charge in [0.2, 0.25) is 5.91 Å². The summed E-state index contributed by atoms with van der Waals surface area (Å²) in [5.74, 6) is -1.72. The predicted octanol–water partition coefficient (Wildman–Crippen LogP) is 3.61. The zero-order valence-corrected chi connectivity index (χ0v) is 23.4. The molecule has 3 aromatic rings. The molecule has 0 aromatic heterocycles. The minimum absolute atomic E-state index is 0.00602. The Bertz CT molecular complexity index is 1430. The van der Waals surface area contributed by atoms with Crippen molar-refractivity contribution in [2.75, 3.05) is 32.8 Å². The van der Waals surface area contributed by atoms with Crippen molar-refractivity contribution in [1.82, 2.24) is 15.1 Å². The maximum atomic E-state index is 13.3. The molecule has 2 aliphatic heterocycles. The Labute approximate surface area is 244 Å². The number of ether oxygens (including phenoxy) is 1. The van der Waals surface area contributed by atoms with Crippen molar-refractivity contribution in [3.63, 3.8) is 0 Å². The Kier molecular flexibility index (Phi) is 7.47. The summed E-state index contributed by atoms with van der Waals surface area (Å²) in [4.78, 5) is 41.5. The lowest BCUT2D eigenvalue weighted by Crippen LogP contribution is -2.68. The molecule has 0 atom stereocenters. The number of rotatable bonds is 8. The molecule has 2 fully saturated rings. The van der Waals surface area contributed by atoms with Gasteiger partial charge >= 0.3 is 12.1 Å². The fraction of sp³-hybridized carbons (Fsp3) is 0.364. The van der Waals surface area contributed by atoms with Crippen molar-refractivity contribution in [2.45, 2.75) is 42.9 Å². The van der Waals surface area contributed by atoms with Gasteiger partial charge in [0.05, 0.1) is 25.0 Å². The van der Waals surface area contributed by atoms with Crippen molar-refractivity contribution in [1.29, 1.82) is 0 Å². The average molecular weight is 570 g/mol. The third kappa shape index (κ3) is 5.49. The summed E-state index contributed by atoms with van der Waals surface area (Å²) in [6, 6.07) is 26.4. The first-order chi connectivity index (χ1) is 20.3. The molecule has 0 unspecified atom stereocenters. The maximum absolute atomic E-state index is 13.3. The molecule has 9 nitrogen and oxygen atoms in total. The molecule has 0 spiro atoms. The summed E-state index contributed by atoms with van der Waals surface area (Å²) in [6.45, 7) is 1.76. The van der Waals surface area contributed by atoms with Crippen LogP contribution in [0.4, 0.5) is 4.79 Å². The Morgan fingerprint density at radius 3 is 2.02 bits per heavy atom. The second-order valence-corrected chi connectivity index (χ2v) is 11.8. The van der Waals surface area contributed by atoms with Crippen LogP contribution in [0.1, 0.15) is 41.9 Å². The van der Waals surface area contributed by atoms with Crippen molar-refractivity contribution in [3.05, 3.63) is 95.6 Å². The second-order valence-electron chi connectivity index (χ2n) is 11.8. The SMILES string of the molecule is O=C(NC1(CC(=O)N2CC(O)(C(=O)O)C2)CCN(Cc2ccccc2)CC1)OCC1c2ccccc2-c2ccccc21. The number of hydrogen-bond donors (Lipinski definition) is 3. The highest BCUT2D eigenvalue weighted by Crippen LogP contribution is 2.44. The van der Waals surface area contributed by atoms with E-state index < -0.39 is 23.2 Å². The number of aliphatic hydroxyl groups is 1. The van der Waals surface area contributed by atoms with Gasteiger partial charge in [0, 0.05) is 25.6 Å². The number of fused-ring (bicyclic) bond motifs is 3. The lowest BCUT2D eigenvalue weighted by molar-refractivity contribution is -0.182. The van der Waals surface area contributed by atoms with E-state index in [9.17, 15) is 24.6 Å². The molecule has 42 heavy (non-hydrogen) atoms. The highest BCUT2D eigenvalue weighted by Gasteiger charge is 2.51. The van der Waals surface area contributed by atoms with Crippen molar-refractivity contribution >= 4 is 18.0 Å². The topological polar surface area (TPSA) is 119 Å². The number of carboxylic acids is 1. The lowest BCUT2D eigenvalue weighted by Gasteiger charge is -2.46. The van der Waals surface area contributed by atoms with Gasteiger partial charge in [-0.15, -0.1) is 0 Å². The lowest BCUT2D eigenvalue weighted by atomic mass is 9.82. The molecule has 218 valence electrons. The number of nitrogens with one attached hydrogen (secondary N) is 1. The summed E-state index contributed by atoms with van der Waals surface area (Å²) in [7, 11) is 0. The summed E-state index contributed by atoms with van der Waals surface area (Å²) in [5.41, 5.74) is 2.96. The first-order valence-electron chi connectivity index (χ1n) is 14.4. The smallest absolute Gasteiger partial charge is 0.407 e. The van der Waals surface area contributed by atoms with E-state index in [1.807, 2.05) is 42.5 Å². The van der Waals surface area contributed by atoms with E-state index in [0.29, 0.717) is 25.9 Å². The van der Waals surface area contributed by atoms with Gasteiger partial charge in [-0.2, -0.15) is 0 Å². The Morgan fingerprint density at radius 1 is 0.857 bits per heavy atom. The monoisotopic (exact) mass is 569 g/mol. The molecule has 0 radical (unpaired) electrons. The molecule has 2 saturated heterocycles. The third-order valence-electron chi connectivity index (χ3n) is 8.92. The van der Waals surface area contributed by atoms with Gasteiger partial charge in [-0.05, 0) is 40.7 Å². The normalized spacial score (nSPS) is 18.8. The van der Waals surface area contributed by atoms with Crippen LogP contribution in [0, 0.1) is 0 Å². The predicted molar refractivity (Wildman–Crippen MR) is 156 cm³/mol. The van der Waals surface area contributed by atoms with Gasteiger partial charge < -0.3 is 25.2 Å². The number of carbonyl (C=O) groups is 3. The van der Waals surface area contributed by atoms with Gasteiger partial charge in [0.1, 0.15) is 6.61 Å². The first-order valence-corrected chi connectivity index (χ1v) is 14.4. The van der Waals surface area contributed by atoms with Crippen LogP contribution in [0.15, 0.2) is 78.9 Å². The zero-order chi connectivity index (χ0) is 29.3. The number of aliphatic carboxylic acids is 1. The number of likely N-dealkylation sites (tertiary alicyclic amines) is 2. The van der Waals surface area contributed by atoms with Crippen LogP contribution in [0.2, 0.25) is 0 Å². The number of benzene rings is 3. The van der Waals surface area contributed by atoms with Gasteiger partial charge in [0.15, 0.2) is 5.60 Å². The summed E-state index contributed by atoms with van der Waals surface area (Å²) < 4.78 is 5.83. The van der Waals surface area contributed by atoms with Crippen molar-refractivity contribution < 1.29 is 29.3 Å². The van der Waals surface area contributed by atoms with Crippen LogP contribution in [0.3, 0.4) is 0 Å². The van der Waals surface area contributed by atoms with E-state index in [-0.39, 0.29) is 37.9 Å². The van der Waals surface area contributed by atoms with E-state index in [0.717, 1.165) is 28.8 Å². The molecule has 2 amide bonds. The van der Waals surface area contributed by atoms with Crippen molar-refractivity contribution in [2.24, 2.45) is 0 Å². The number of nitrogens with zero attached hydrogens (tertiary/aromatic N) is 2. The standard InChI is InChI=1S/C33H35N3O6/c37-29(36-21-33(41,22-36)30(38)39)18-32(14-16-35(17-15-32)19-23-8-2-1-3-9-23)34-31(40)42-20-28-26-12-6-4-10-24(26)25-11-5-7-13-27(25)28/h1-13,28,41H,14-22H2,(H,34,40)(H,38,39). The van der Waals surface area contributed by atoms with E-state index in [4.69, 9.17) is 4.74 Å². The molecule has 6 rings (SSSR count). The van der Waals surface area contributed by atoms with Crippen LogP contribution in [-0.2, 0) is 20.9 Å². The fourth-order valence-corrected chi connectivity index (χ4v) is 6.48. The van der Waals surface area contributed by atoms with Crippen LogP contribution in [0.5, 0.6) is 0 Å². The number of alkyl carbamates (subject to hydrolysis) is 1. The first kappa shape index (κ1) is 27.9. The molecular weight excluding hydrogens is 534 g/mol. The van der Waals surface area contributed by atoms with E-state index in [1.165, 1.54) is 10.5 Å². The van der Waals surface area contributed by atoms with Crippen LogP contribution in [-0.4, -0.2) is 81.9 Å². The fourth-order valence-electron chi connectivity index (χ4n) is 6.48. The minimum Gasteiger partial charge on any atom is -0.479 e. The molecule has 3 aromatic carbocycles. The van der Waals surface area contributed by atoms with Gasteiger partial charge in [0.25, 0.3) is 0 Å². The molecule has 2 heterocycles. The molecule has 3 aliphatic rings. The average Bonchev–Trinajstić information content (AvgIpc) is 3.29. The number of piperidine rings is 1. The zero-order valence-electron chi connectivity index (χ0n) is 23.4. The van der Waals surface area contributed by atoms with Crippen LogP contribution >= 0.6 is 0 Å². The molecule has 9 heteroatoms. The number of carbonyl (C=O) groups excluding carboxylic acids is 2. The van der Waals surface area contributed by atoms with Crippen molar-refractivity contribution in [3.8, 4) is 11.1 Å². The molecular formula is C33H35N3O6. The quantitative estimate of drug-likeness (QED) is 0.379. The summed E-state index contributed by atoms with van der Waals surface area (Å²) in [5, 5.41) is 22.4. The molecule has 0 bridgehead atoms. The molecule has 3 N–H and O–H groups in total. The largest absolute Gasteiger partial charge is 0.479 e. The Morgan fingerprint density at radius 2 is 1.43 bits per heavy atom. The van der Waals surface area contributed by atoms with Gasteiger partial charge in [-0.25, -0.2) is 9.59 Å². The second kappa shape index (κ2) is 11.2. The summed E-state index contributed by atoms with van der Waals surface area (Å²) >= 11 is 0. The Balaban J connectivity index is 1.13. The van der Waals surface area contributed by atoms with Gasteiger partial charge in [-0.1, -0.05) is 78.9 Å². The third-order valence-corrected chi connectivity index (χ3v) is 8.92. The molecule has 1 aliphatic carbocycles. The number of amides is 2. The summed E-state index contributed by atoms with van der Waals surface area (Å²) in [6.07, 6.45) is 0.498.